The molecule has 3 heterocycles. The van der Waals surface area contributed by atoms with Gasteiger partial charge in [0.25, 0.3) is 5.91 Å². The number of hydrogen-bond acceptors (Lipinski definition) is 5. The fourth-order valence-electron chi connectivity index (χ4n) is 2.67. The van der Waals surface area contributed by atoms with Gasteiger partial charge >= 0.3 is 0 Å². The van der Waals surface area contributed by atoms with Gasteiger partial charge in [-0.05, 0) is 31.0 Å². The number of nitrogens with one attached hydrogen (secondary N) is 1. The van der Waals surface area contributed by atoms with Gasteiger partial charge in [0.05, 0.1) is 11.7 Å². The summed E-state index contributed by atoms with van der Waals surface area (Å²) in [7, 11) is 3.45. The third-order valence-electron chi connectivity index (χ3n) is 4.02. The van der Waals surface area contributed by atoms with Crippen LogP contribution in [0.2, 0.25) is 0 Å². The molecule has 1 unspecified atom stereocenters. The molecule has 0 aliphatic carbocycles. The van der Waals surface area contributed by atoms with Crippen LogP contribution in [0.5, 0.6) is 0 Å². The van der Waals surface area contributed by atoms with Crippen molar-refractivity contribution in [1.82, 2.24) is 14.9 Å². The van der Waals surface area contributed by atoms with Gasteiger partial charge in [-0.15, -0.1) is 0 Å². The summed E-state index contributed by atoms with van der Waals surface area (Å²) in [4.78, 5) is 22.2. The van der Waals surface area contributed by atoms with Gasteiger partial charge in [-0.3, -0.25) is 9.78 Å². The minimum absolute atomic E-state index is 0.0628. The molecule has 6 nitrogen and oxygen atoms in total. The summed E-state index contributed by atoms with van der Waals surface area (Å²) in [5, 5.41) is 3.30. The summed E-state index contributed by atoms with van der Waals surface area (Å²) in [6.07, 6.45) is 7.62. The average molecular weight is 326 g/mol. The highest BCUT2D eigenvalue weighted by Gasteiger charge is 2.15. The maximum atomic E-state index is 12.0. The highest BCUT2D eigenvalue weighted by molar-refractivity contribution is 5.94. The summed E-state index contributed by atoms with van der Waals surface area (Å²) in [6, 6.07) is 5.75. The molecule has 0 bridgehead atoms. The van der Waals surface area contributed by atoms with Crippen LogP contribution in [0.3, 0.4) is 0 Å². The molecule has 6 heteroatoms. The third kappa shape index (κ3) is 3.89. The number of hydrogen-bond donors (Lipinski definition) is 1. The van der Waals surface area contributed by atoms with Crippen LogP contribution in [0.1, 0.15) is 23.2 Å². The minimum Gasteiger partial charge on any atom is -0.376 e. The number of carbonyl (C=O) groups is 1. The van der Waals surface area contributed by atoms with E-state index in [-0.39, 0.29) is 12.0 Å². The van der Waals surface area contributed by atoms with Gasteiger partial charge in [0.1, 0.15) is 5.82 Å². The number of anilines is 1. The zero-order valence-electron chi connectivity index (χ0n) is 14.0. The quantitative estimate of drug-likeness (QED) is 0.914. The van der Waals surface area contributed by atoms with Crippen LogP contribution in [0.25, 0.3) is 11.1 Å². The smallest absolute Gasteiger partial charge is 0.254 e. The normalized spacial score (nSPS) is 16.8. The summed E-state index contributed by atoms with van der Waals surface area (Å²) < 4.78 is 5.59. The lowest BCUT2D eigenvalue weighted by molar-refractivity contribution is 0.0827. The van der Waals surface area contributed by atoms with Crippen LogP contribution in [0, 0.1) is 0 Å². The molecule has 0 saturated carbocycles. The molecular formula is C18H22N4O2. The molecule has 1 aliphatic rings. The Bertz CT molecular complexity index is 694. The predicted octanol–water partition coefficient (Wildman–Crippen LogP) is 2.44. The van der Waals surface area contributed by atoms with Crippen LogP contribution in [-0.4, -0.2) is 54.1 Å². The second-order valence-corrected chi connectivity index (χ2v) is 6.11. The molecular weight excluding hydrogens is 304 g/mol. The van der Waals surface area contributed by atoms with E-state index in [1.807, 2.05) is 18.2 Å². The standard InChI is InChI=1S/C18H22N4O2/c1-22(2)18(23)15-8-14(9-19-10-15)13-5-6-17(20-11-13)21-12-16-4-3-7-24-16/h5-6,8-11,16H,3-4,7,12H2,1-2H3,(H,20,21). The van der Waals surface area contributed by atoms with Crippen molar-refractivity contribution in [3.63, 3.8) is 0 Å². The number of nitrogens with zero attached hydrogens (tertiary/aromatic N) is 3. The zero-order valence-corrected chi connectivity index (χ0v) is 14.0. The fourth-order valence-corrected chi connectivity index (χ4v) is 2.67. The molecule has 3 rings (SSSR count). The van der Waals surface area contributed by atoms with E-state index in [0.29, 0.717) is 5.56 Å². The molecule has 0 radical (unpaired) electrons. The Morgan fingerprint density at radius 2 is 2.17 bits per heavy atom. The van der Waals surface area contributed by atoms with Crippen molar-refractivity contribution in [2.75, 3.05) is 32.6 Å². The lowest BCUT2D eigenvalue weighted by Crippen LogP contribution is -2.21. The Morgan fingerprint density at radius 1 is 1.29 bits per heavy atom. The van der Waals surface area contributed by atoms with Crippen molar-refractivity contribution in [2.24, 2.45) is 0 Å². The molecule has 1 N–H and O–H groups in total. The SMILES string of the molecule is CN(C)C(=O)c1cncc(-c2ccc(NCC3CCCO3)nc2)c1. The topological polar surface area (TPSA) is 67.4 Å². The van der Waals surface area contributed by atoms with Crippen LogP contribution < -0.4 is 5.32 Å². The van der Waals surface area contributed by atoms with E-state index in [9.17, 15) is 4.79 Å². The summed E-state index contributed by atoms with van der Waals surface area (Å²) in [6.45, 7) is 1.63. The van der Waals surface area contributed by atoms with Crippen LogP contribution >= 0.6 is 0 Å². The van der Waals surface area contributed by atoms with Gasteiger partial charge in [-0.25, -0.2) is 4.98 Å². The van der Waals surface area contributed by atoms with Crippen molar-refractivity contribution < 1.29 is 9.53 Å². The highest BCUT2D eigenvalue weighted by atomic mass is 16.5. The van der Waals surface area contributed by atoms with Gasteiger partial charge in [0.15, 0.2) is 0 Å². The molecule has 1 atom stereocenters. The number of pyridine rings is 2. The van der Waals surface area contributed by atoms with E-state index in [2.05, 4.69) is 15.3 Å². The van der Waals surface area contributed by atoms with Crippen LogP contribution in [0.4, 0.5) is 5.82 Å². The van der Waals surface area contributed by atoms with E-state index in [1.165, 1.54) is 4.90 Å². The van der Waals surface area contributed by atoms with Gasteiger partial charge in [0, 0.05) is 57.0 Å². The van der Waals surface area contributed by atoms with Crippen molar-refractivity contribution in [3.05, 3.63) is 42.4 Å². The van der Waals surface area contributed by atoms with Gasteiger partial charge < -0.3 is 15.0 Å². The van der Waals surface area contributed by atoms with Crippen molar-refractivity contribution in [1.29, 1.82) is 0 Å². The maximum Gasteiger partial charge on any atom is 0.254 e. The maximum absolute atomic E-state index is 12.0. The first-order valence-corrected chi connectivity index (χ1v) is 8.12. The molecule has 0 aromatic carbocycles. The summed E-state index contributed by atoms with van der Waals surface area (Å²) >= 11 is 0. The molecule has 1 amide bonds. The van der Waals surface area contributed by atoms with Crippen molar-refractivity contribution in [2.45, 2.75) is 18.9 Å². The first-order valence-electron chi connectivity index (χ1n) is 8.12. The Hall–Kier alpha value is -2.47. The van der Waals surface area contributed by atoms with E-state index < -0.39 is 0 Å². The van der Waals surface area contributed by atoms with Crippen LogP contribution in [0.15, 0.2) is 36.8 Å². The Labute approximate surface area is 141 Å². The lowest BCUT2D eigenvalue weighted by Gasteiger charge is -2.12. The highest BCUT2D eigenvalue weighted by Crippen LogP contribution is 2.20. The first kappa shape index (κ1) is 16.4. The molecule has 2 aromatic heterocycles. The van der Waals surface area contributed by atoms with Crippen molar-refractivity contribution >= 4 is 11.7 Å². The average Bonchev–Trinajstić information content (AvgIpc) is 3.13. The van der Waals surface area contributed by atoms with E-state index in [0.717, 1.165) is 42.9 Å². The molecule has 126 valence electrons. The van der Waals surface area contributed by atoms with Gasteiger partial charge in [-0.1, -0.05) is 0 Å². The largest absolute Gasteiger partial charge is 0.376 e. The molecule has 1 aliphatic heterocycles. The van der Waals surface area contributed by atoms with Crippen LogP contribution in [-0.2, 0) is 4.74 Å². The van der Waals surface area contributed by atoms with Crippen molar-refractivity contribution in [3.8, 4) is 11.1 Å². The van der Waals surface area contributed by atoms with E-state index in [4.69, 9.17) is 4.74 Å². The van der Waals surface area contributed by atoms with Gasteiger partial charge in [-0.2, -0.15) is 0 Å². The Kier molecular flexibility index (Phi) is 5.05. The minimum atomic E-state index is -0.0628. The molecule has 24 heavy (non-hydrogen) atoms. The van der Waals surface area contributed by atoms with E-state index in [1.54, 1.807) is 32.7 Å². The second-order valence-electron chi connectivity index (χ2n) is 6.11. The molecule has 1 saturated heterocycles. The number of amides is 1. The lowest BCUT2D eigenvalue weighted by atomic mass is 10.1. The molecule has 1 fully saturated rings. The first-order chi connectivity index (χ1) is 11.6. The summed E-state index contributed by atoms with van der Waals surface area (Å²) in [5.41, 5.74) is 2.37. The zero-order chi connectivity index (χ0) is 16.9. The molecule has 2 aromatic rings. The number of carbonyl (C=O) groups excluding carboxylic acids is 1. The Balaban J connectivity index is 1.68. The Morgan fingerprint density at radius 3 is 2.83 bits per heavy atom. The second kappa shape index (κ2) is 7.40. The predicted molar refractivity (Wildman–Crippen MR) is 92.9 cm³/mol. The monoisotopic (exact) mass is 326 g/mol. The van der Waals surface area contributed by atoms with Gasteiger partial charge in [0.2, 0.25) is 0 Å². The third-order valence-corrected chi connectivity index (χ3v) is 4.02. The fraction of sp³-hybridized carbons (Fsp3) is 0.389. The molecule has 0 spiro atoms. The number of aromatic nitrogens is 2. The summed E-state index contributed by atoms with van der Waals surface area (Å²) in [5.74, 6) is 0.759. The van der Waals surface area contributed by atoms with E-state index >= 15 is 0 Å². The number of rotatable bonds is 5. The number of ether oxygens (including phenoxy) is 1.